The molecule has 0 amide bonds. The standard InChI is InChI=1S/C50H58O6/c1-2-35(1)29-51-43-13-5-39(6-14-43)49(40-7-15-44(16-8-40)52-30-36-3-4-36)25-21-37(22-26-49)38-23-27-50(28-24-38,41-9-17-45(18-10-41)53-31-47-33-55-47)42-11-19-46(20-12-42)54-32-48-34-56-48/h5-20,35-38,47-48H,1-4,21-34H2. The normalized spacial score (nSPS) is 27.0. The molecular formula is C50H58O6. The number of benzene rings is 4. The molecule has 4 aliphatic carbocycles. The van der Waals surface area contributed by atoms with Crippen molar-refractivity contribution in [3.63, 3.8) is 0 Å². The molecule has 2 aliphatic heterocycles. The fourth-order valence-corrected chi connectivity index (χ4v) is 9.88. The summed E-state index contributed by atoms with van der Waals surface area (Å²) in [5.74, 6) is 6.83. The van der Waals surface area contributed by atoms with Gasteiger partial charge in [-0.3, -0.25) is 0 Å². The van der Waals surface area contributed by atoms with Crippen molar-refractivity contribution in [2.75, 3.05) is 39.6 Å². The lowest BCUT2D eigenvalue weighted by atomic mass is 9.57. The molecule has 2 saturated heterocycles. The average molecular weight is 755 g/mol. The first kappa shape index (κ1) is 36.3. The zero-order valence-corrected chi connectivity index (χ0v) is 32.9. The SMILES string of the molecule is c1cc(C2(c3ccc(OCC4CC4)cc3)CCC(C3CCC(c4ccc(OCC5CO5)cc4)(c4ccc(OCC5CO5)cc4)CC3)CC2)ccc1OCC1CC1. The molecule has 4 saturated carbocycles. The van der Waals surface area contributed by atoms with Crippen molar-refractivity contribution in [3.05, 3.63) is 119 Å². The lowest BCUT2D eigenvalue weighted by molar-refractivity contribution is 0.140. The van der Waals surface area contributed by atoms with E-state index in [4.69, 9.17) is 28.4 Å². The van der Waals surface area contributed by atoms with E-state index >= 15 is 0 Å². The van der Waals surface area contributed by atoms with E-state index in [1.54, 1.807) is 0 Å². The van der Waals surface area contributed by atoms with Gasteiger partial charge in [0.2, 0.25) is 0 Å². The Hall–Kier alpha value is -4.00. The van der Waals surface area contributed by atoms with Gasteiger partial charge >= 0.3 is 0 Å². The van der Waals surface area contributed by atoms with Crippen molar-refractivity contribution in [2.45, 2.75) is 100 Å². The first-order valence-electron chi connectivity index (χ1n) is 21.8. The highest BCUT2D eigenvalue weighted by molar-refractivity contribution is 5.46. The van der Waals surface area contributed by atoms with Crippen LogP contribution < -0.4 is 18.9 Å². The van der Waals surface area contributed by atoms with Crippen LogP contribution in [0.1, 0.15) is 99.3 Å². The number of hydrogen-bond donors (Lipinski definition) is 0. The molecule has 4 aromatic carbocycles. The molecule has 4 aromatic rings. The van der Waals surface area contributed by atoms with E-state index in [2.05, 4.69) is 97.1 Å². The number of rotatable bonds is 17. The van der Waals surface area contributed by atoms with Crippen LogP contribution in [-0.2, 0) is 20.3 Å². The van der Waals surface area contributed by atoms with Crippen LogP contribution in [-0.4, -0.2) is 51.8 Å². The summed E-state index contributed by atoms with van der Waals surface area (Å²) in [5.41, 5.74) is 5.61. The first-order chi connectivity index (χ1) is 27.6. The van der Waals surface area contributed by atoms with Gasteiger partial charge in [-0.05, 0) is 172 Å². The number of epoxide rings is 2. The third kappa shape index (κ3) is 8.34. The number of ether oxygens (including phenoxy) is 6. The van der Waals surface area contributed by atoms with Gasteiger partial charge < -0.3 is 28.4 Å². The molecule has 56 heavy (non-hydrogen) atoms. The molecule has 294 valence electrons. The Kier molecular flexibility index (Phi) is 10.2. The molecule has 2 heterocycles. The van der Waals surface area contributed by atoms with Crippen LogP contribution in [0, 0.1) is 23.7 Å². The smallest absolute Gasteiger partial charge is 0.119 e. The maximum absolute atomic E-state index is 6.17. The molecule has 0 aromatic heterocycles. The molecule has 6 fully saturated rings. The Labute approximate surface area is 333 Å². The van der Waals surface area contributed by atoms with E-state index in [0.29, 0.717) is 13.2 Å². The first-order valence-corrected chi connectivity index (χ1v) is 21.8. The van der Waals surface area contributed by atoms with Crippen molar-refractivity contribution >= 4 is 0 Å². The fraction of sp³-hybridized carbons (Fsp3) is 0.520. The molecule has 6 heteroatoms. The molecule has 0 N–H and O–H groups in total. The van der Waals surface area contributed by atoms with Gasteiger partial charge in [0.1, 0.15) is 48.4 Å². The predicted octanol–water partition coefficient (Wildman–Crippen LogP) is 10.5. The van der Waals surface area contributed by atoms with Crippen molar-refractivity contribution in [1.29, 1.82) is 0 Å². The maximum Gasteiger partial charge on any atom is 0.119 e. The van der Waals surface area contributed by atoms with Gasteiger partial charge in [-0.2, -0.15) is 0 Å². The van der Waals surface area contributed by atoms with Crippen molar-refractivity contribution in [3.8, 4) is 23.0 Å². The molecule has 6 aliphatic rings. The van der Waals surface area contributed by atoms with Crippen LogP contribution in [0.15, 0.2) is 97.1 Å². The Bertz CT molecular complexity index is 1610. The number of hydrogen-bond acceptors (Lipinski definition) is 6. The summed E-state index contributed by atoms with van der Waals surface area (Å²) in [7, 11) is 0. The molecule has 10 rings (SSSR count). The van der Waals surface area contributed by atoms with E-state index < -0.39 is 0 Å². The maximum atomic E-state index is 6.17. The quantitative estimate of drug-likeness (QED) is 0.100. The Balaban J connectivity index is 0.849. The summed E-state index contributed by atoms with van der Waals surface area (Å²) in [5, 5.41) is 0. The average Bonchev–Trinajstić information content (AvgIpc) is 4.05. The third-order valence-corrected chi connectivity index (χ3v) is 14.1. The molecule has 0 radical (unpaired) electrons. The highest BCUT2D eigenvalue weighted by Gasteiger charge is 2.44. The third-order valence-electron chi connectivity index (χ3n) is 14.1. The summed E-state index contributed by atoms with van der Waals surface area (Å²) in [6, 6.07) is 36.3. The second kappa shape index (κ2) is 15.7. The zero-order valence-electron chi connectivity index (χ0n) is 32.9. The van der Waals surface area contributed by atoms with Gasteiger partial charge in [-0.1, -0.05) is 48.5 Å². The van der Waals surface area contributed by atoms with E-state index in [9.17, 15) is 0 Å². The summed E-state index contributed by atoms with van der Waals surface area (Å²) < 4.78 is 35.2. The lowest BCUT2D eigenvalue weighted by Gasteiger charge is -2.47. The molecule has 6 nitrogen and oxygen atoms in total. The largest absolute Gasteiger partial charge is 0.493 e. The topological polar surface area (TPSA) is 62.0 Å². The van der Waals surface area contributed by atoms with Crippen LogP contribution in [0.5, 0.6) is 23.0 Å². The van der Waals surface area contributed by atoms with Gasteiger partial charge in [0.15, 0.2) is 0 Å². The second-order valence-electron chi connectivity index (χ2n) is 18.0. The lowest BCUT2D eigenvalue weighted by Crippen LogP contribution is -2.38. The van der Waals surface area contributed by atoms with Crippen LogP contribution in [0.3, 0.4) is 0 Å². The minimum atomic E-state index is -0.0299. The summed E-state index contributed by atoms with van der Waals surface area (Å²) in [6.45, 7) is 4.57. The highest BCUT2D eigenvalue weighted by Crippen LogP contribution is 2.54. The van der Waals surface area contributed by atoms with Gasteiger partial charge in [0.05, 0.1) is 26.4 Å². The van der Waals surface area contributed by atoms with E-state index in [-0.39, 0.29) is 23.0 Å². The highest BCUT2D eigenvalue weighted by atomic mass is 16.6. The van der Waals surface area contributed by atoms with Crippen LogP contribution in [0.4, 0.5) is 0 Å². The molecule has 2 atom stereocenters. The summed E-state index contributed by atoms with van der Waals surface area (Å²) in [6.07, 6.45) is 15.4. The Morgan fingerprint density at radius 2 is 0.643 bits per heavy atom. The molecular weight excluding hydrogens is 697 g/mol. The van der Waals surface area contributed by atoms with E-state index in [1.807, 2.05) is 0 Å². The minimum Gasteiger partial charge on any atom is -0.493 e. The fourth-order valence-electron chi connectivity index (χ4n) is 9.88. The molecule has 2 unspecified atom stereocenters. The van der Waals surface area contributed by atoms with Crippen LogP contribution in [0.2, 0.25) is 0 Å². The second-order valence-corrected chi connectivity index (χ2v) is 18.0. The Morgan fingerprint density at radius 3 is 0.893 bits per heavy atom. The molecule has 0 bridgehead atoms. The van der Waals surface area contributed by atoms with Gasteiger partial charge in [-0.25, -0.2) is 0 Å². The van der Waals surface area contributed by atoms with Crippen LogP contribution >= 0.6 is 0 Å². The van der Waals surface area contributed by atoms with Crippen LogP contribution in [0.25, 0.3) is 0 Å². The van der Waals surface area contributed by atoms with Crippen molar-refractivity contribution in [1.82, 2.24) is 0 Å². The summed E-state index contributed by atoms with van der Waals surface area (Å²) >= 11 is 0. The van der Waals surface area contributed by atoms with Gasteiger partial charge in [-0.15, -0.1) is 0 Å². The van der Waals surface area contributed by atoms with Gasteiger partial charge in [0, 0.05) is 10.8 Å². The van der Waals surface area contributed by atoms with E-state index in [1.165, 1.54) is 86.5 Å². The Morgan fingerprint density at radius 1 is 0.375 bits per heavy atom. The molecule has 0 spiro atoms. The van der Waals surface area contributed by atoms with Crippen molar-refractivity contribution < 1.29 is 28.4 Å². The minimum absolute atomic E-state index is 0.00384. The monoisotopic (exact) mass is 754 g/mol. The zero-order chi connectivity index (χ0) is 37.4. The van der Waals surface area contributed by atoms with Gasteiger partial charge in [0.25, 0.3) is 0 Å². The summed E-state index contributed by atoms with van der Waals surface area (Å²) in [4.78, 5) is 0. The predicted molar refractivity (Wildman–Crippen MR) is 218 cm³/mol. The van der Waals surface area contributed by atoms with E-state index in [0.717, 1.165) is 85.9 Å². The van der Waals surface area contributed by atoms with Crippen molar-refractivity contribution in [2.24, 2.45) is 23.7 Å².